The highest BCUT2D eigenvalue weighted by atomic mass is 16.6. The molecule has 0 bridgehead atoms. The fraction of sp³-hybridized carbons (Fsp3) is 0. The van der Waals surface area contributed by atoms with Crippen LogP contribution in [0.4, 0.5) is 11.6 Å². The quantitative estimate of drug-likeness (QED) is 0.166. The van der Waals surface area contributed by atoms with Crippen LogP contribution in [0.15, 0.2) is 95.9 Å². The minimum atomic E-state index is -0.472. The van der Waals surface area contributed by atoms with Crippen LogP contribution in [0.25, 0.3) is 34.2 Å². The number of hydrogen-bond acceptors (Lipinski definition) is 8. The molecule has 0 aliphatic heterocycles. The number of rotatable bonds is 6. The lowest BCUT2D eigenvalue weighted by molar-refractivity contribution is -0.384. The third-order valence-electron chi connectivity index (χ3n) is 4.82. The number of nitro benzene ring substituents is 1. The molecule has 4 heterocycles. The maximum Gasteiger partial charge on any atom is 0.280 e. The van der Waals surface area contributed by atoms with Gasteiger partial charge >= 0.3 is 0 Å². The monoisotopic (exact) mass is 439 g/mol. The zero-order valence-corrected chi connectivity index (χ0v) is 16.8. The van der Waals surface area contributed by atoms with Gasteiger partial charge in [0.1, 0.15) is 28.9 Å². The molecular formula is C24H13N3O6. The van der Waals surface area contributed by atoms with Gasteiger partial charge in [0.2, 0.25) is 5.88 Å². The van der Waals surface area contributed by atoms with Crippen LogP contribution in [0, 0.1) is 21.4 Å². The summed E-state index contributed by atoms with van der Waals surface area (Å²) in [6.07, 6.45) is 4.35. The van der Waals surface area contributed by atoms with Crippen LogP contribution in [-0.4, -0.2) is 11.1 Å². The van der Waals surface area contributed by atoms with E-state index in [2.05, 4.69) is 11.1 Å². The predicted molar refractivity (Wildman–Crippen MR) is 117 cm³/mol. The summed E-state index contributed by atoms with van der Waals surface area (Å²) in [7, 11) is 0. The van der Waals surface area contributed by atoms with Gasteiger partial charge in [-0.2, -0.15) is 5.26 Å². The minimum absolute atomic E-state index is 0.0407. The zero-order valence-electron chi connectivity index (χ0n) is 16.8. The first-order chi connectivity index (χ1) is 16.2. The van der Waals surface area contributed by atoms with Gasteiger partial charge in [0.05, 0.1) is 34.8 Å². The highest BCUT2D eigenvalue weighted by molar-refractivity contribution is 5.87. The third kappa shape index (κ3) is 3.62. The van der Waals surface area contributed by atoms with Gasteiger partial charge < -0.3 is 17.7 Å². The SMILES string of the molecule is N#Cc1c(N=Cc2ccc(-c3ccccc3[N+](=O)[O-])o2)oc(-c2ccco2)c1-c1ccco1. The Morgan fingerprint density at radius 1 is 0.909 bits per heavy atom. The molecule has 9 nitrogen and oxygen atoms in total. The molecule has 0 radical (unpaired) electrons. The summed E-state index contributed by atoms with van der Waals surface area (Å²) in [5.41, 5.74) is 0.861. The third-order valence-corrected chi connectivity index (χ3v) is 4.82. The highest BCUT2D eigenvalue weighted by Crippen LogP contribution is 2.42. The van der Waals surface area contributed by atoms with Crippen molar-refractivity contribution in [1.82, 2.24) is 0 Å². The number of nitriles is 1. The Morgan fingerprint density at radius 3 is 2.36 bits per heavy atom. The van der Waals surface area contributed by atoms with Crippen LogP contribution in [0.3, 0.4) is 0 Å². The Bertz CT molecular complexity index is 1500. The van der Waals surface area contributed by atoms with Gasteiger partial charge in [-0.25, -0.2) is 4.99 Å². The topological polar surface area (TPSA) is 132 Å². The molecule has 160 valence electrons. The van der Waals surface area contributed by atoms with Crippen molar-refractivity contribution in [2.75, 3.05) is 0 Å². The number of hydrogen-bond donors (Lipinski definition) is 0. The number of furan rings is 4. The van der Waals surface area contributed by atoms with E-state index in [9.17, 15) is 15.4 Å². The predicted octanol–water partition coefficient (Wildman–Crippen LogP) is 6.59. The molecule has 1 aromatic carbocycles. The summed E-state index contributed by atoms with van der Waals surface area (Å²) >= 11 is 0. The Hall–Kier alpha value is -5.10. The molecule has 5 aromatic rings. The van der Waals surface area contributed by atoms with Crippen molar-refractivity contribution in [1.29, 1.82) is 5.26 Å². The molecule has 0 aliphatic carbocycles. The van der Waals surface area contributed by atoms with E-state index >= 15 is 0 Å². The Balaban J connectivity index is 1.54. The molecule has 0 aliphatic rings. The van der Waals surface area contributed by atoms with Crippen LogP contribution in [0.5, 0.6) is 0 Å². The largest absolute Gasteiger partial charge is 0.464 e. The van der Waals surface area contributed by atoms with E-state index in [-0.39, 0.29) is 17.1 Å². The lowest BCUT2D eigenvalue weighted by atomic mass is 10.1. The maximum atomic E-state index is 11.3. The molecule has 0 saturated carbocycles. The van der Waals surface area contributed by atoms with Crippen LogP contribution in [0.1, 0.15) is 11.3 Å². The normalized spacial score (nSPS) is 11.1. The van der Waals surface area contributed by atoms with Gasteiger partial charge in [0.15, 0.2) is 11.5 Å². The Kier molecular flexibility index (Phi) is 4.93. The molecule has 9 heteroatoms. The van der Waals surface area contributed by atoms with Crippen LogP contribution in [0.2, 0.25) is 0 Å². The summed E-state index contributed by atoms with van der Waals surface area (Å²) < 4.78 is 22.5. The van der Waals surface area contributed by atoms with Crippen molar-refractivity contribution < 1.29 is 22.6 Å². The van der Waals surface area contributed by atoms with Crippen molar-refractivity contribution in [3.63, 3.8) is 0 Å². The van der Waals surface area contributed by atoms with E-state index in [1.54, 1.807) is 54.6 Å². The van der Waals surface area contributed by atoms with Crippen molar-refractivity contribution in [3.05, 3.63) is 94.6 Å². The number of nitro groups is 1. The number of benzene rings is 1. The Labute approximate surface area is 186 Å². The first kappa shape index (κ1) is 19.8. The maximum absolute atomic E-state index is 11.3. The van der Waals surface area contributed by atoms with E-state index < -0.39 is 4.92 Å². The lowest BCUT2D eigenvalue weighted by Crippen LogP contribution is -1.90. The van der Waals surface area contributed by atoms with E-state index in [4.69, 9.17) is 17.7 Å². The van der Waals surface area contributed by atoms with Gasteiger partial charge in [0, 0.05) is 6.07 Å². The summed E-state index contributed by atoms with van der Waals surface area (Å²) in [5, 5.41) is 21.1. The van der Waals surface area contributed by atoms with Crippen LogP contribution in [-0.2, 0) is 0 Å². The summed E-state index contributed by atoms with van der Waals surface area (Å²) in [5.74, 6) is 1.83. The number of para-hydroxylation sites is 1. The second kappa shape index (κ2) is 8.20. The van der Waals surface area contributed by atoms with Crippen LogP contribution < -0.4 is 0 Å². The zero-order chi connectivity index (χ0) is 22.8. The molecule has 0 amide bonds. The van der Waals surface area contributed by atoms with Crippen molar-refractivity contribution >= 4 is 17.8 Å². The summed E-state index contributed by atoms with van der Waals surface area (Å²) in [4.78, 5) is 15.1. The lowest BCUT2D eigenvalue weighted by Gasteiger charge is -1.98. The molecule has 5 rings (SSSR count). The fourth-order valence-corrected chi connectivity index (χ4v) is 3.38. The molecule has 4 aromatic heterocycles. The van der Waals surface area contributed by atoms with Crippen molar-refractivity contribution in [2.45, 2.75) is 0 Å². The molecule has 0 atom stereocenters. The van der Waals surface area contributed by atoms with Gasteiger partial charge in [-0.15, -0.1) is 0 Å². The highest BCUT2D eigenvalue weighted by Gasteiger charge is 2.26. The summed E-state index contributed by atoms with van der Waals surface area (Å²) in [6, 6.07) is 18.4. The fourth-order valence-electron chi connectivity index (χ4n) is 3.38. The van der Waals surface area contributed by atoms with Crippen molar-refractivity contribution in [2.24, 2.45) is 4.99 Å². The molecule has 0 unspecified atom stereocenters. The number of nitrogens with zero attached hydrogens (tertiary/aromatic N) is 3. The molecule has 0 saturated heterocycles. The van der Waals surface area contributed by atoms with E-state index in [1.807, 2.05) is 0 Å². The van der Waals surface area contributed by atoms with Gasteiger partial charge in [-0.3, -0.25) is 10.1 Å². The van der Waals surface area contributed by atoms with Gasteiger partial charge in [-0.1, -0.05) is 12.1 Å². The Morgan fingerprint density at radius 2 is 1.67 bits per heavy atom. The molecule has 0 spiro atoms. The molecule has 0 N–H and O–H groups in total. The average Bonchev–Trinajstić information content (AvgIpc) is 3.62. The second-order valence-electron chi connectivity index (χ2n) is 6.79. The second-order valence-corrected chi connectivity index (χ2v) is 6.79. The van der Waals surface area contributed by atoms with E-state index in [0.717, 1.165) is 0 Å². The summed E-state index contributed by atoms with van der Waals surface area (Å²) in [6.45, 7) is 0. The van der Waals surface area contributed by atoms with E-state index in [1.165, 1.54) is 24.8 Å². The van der Waals surface area contributed by atoms with Gasteiger partial charge in [-0.05, 0) is 42.5 Å². The minimum Gasteiger partial charge on any atom is -0.464 e. The molecule has 0 fully saturated rings. The number of aliphatic imine (C=N–C) groups is 1. The smallest absolute Gasteiger partial charge is 0.280 e. The van der Waals surface area contributed by atoms with Crippen molar-refractivity contribution in [3.8, 4) is 40.2 Å². The van der Waals surface area contributed by atoms with Crippen LogP contribution >= 0.6 is 0 Å². The first-order valence-electron chi connectivity index (χ1n) is 9.68. The average molecular weight is 439 g/mol. The molecule has 33 heavy (non-hydrogen) atoms. The van der Waals surface area contributed by atoms with Gasteiger partial charge in [0.25, 0.3) is 5.69 Å². The van der Waals surface area contributed by atoms with E-state index in [0.29, 0.717) is 39.9 Å². The molecular weight excluding hydrogens is 426 g/mol. The first-order valence-corrected chi connectivity index (χ1v) is 9.68. The standard InChI is InChI=1S/C24H13N3O6/c25-13-17-22(20-7-3-11-30-20)23(21-8-4-12-31-21)33-24(17)26-14-15-9-10-19(32-15)16-5-1-2-6-18(16)27(28)29/h1-12,14H.